The topological polar surface area (TPSA) is 52.0 Å². The third kappa shape index (κ3) is 3.99. The summed E-state index contributed by atoms with van der Waals surface area (Å²) in [7, 11) is 1.80. The maximum absolute atomic E-state index is 12.2. The van der Waals surface area contributed by atoms with Crippen LogP contribution in [0.4, 0.5) is 8.78 Å². The van der Waals surface area contributed by atoms with Gasteiger partial charge in [0.25, 0.3) is 0 Å². The molecule has 0 saturated heterocycles. The van der Waals surface area contributed by atoms with Crippen molar-refractivity contribution in [3.63, 3.8) is 0 Å². The van der Waals surface area contributed by atoms with E-state index in [-0.39, 0.29) is 11.8 Å². The van der Waals surface area contributed by atoms with E-state index in [1.54, 1.807) is 23.9 Å². The molecule has 7 heteroatoms. The lowest BCUT2D eigenvalue weighted by Crippen LogP contribution is -2.18. The molecule has 0 fully saturated rings. The smallest absolute Gasteiger partial charge is 0.387 e. The zero-order valence-corrected chi connectivity index (χ0v) is 11.3. The Morgan fingerprint density at radius 3 is 2.85 bits per heavy atom. The molecule has 1 aromatic carbocycles. The summed E-state index contributed by atoms with van der Waals surface area (Å²) in [6.07, 6.45) is 1.82. The van der Waals surface area contributed by atoms with Crippen LogP contribution >= 0.6 is 0 Å². The molecule has 0 aliphatic heterocycles. The molecule has 0 bridgehead atoms. The van der Waals surface area contributed by atoms with Crippen LogP contribution in [-0.2, 0) is 13.6 Å². The minimum atomic E-state index is -2.81. The minimum absolute atomic E-state index is 0.0155. The normalized spacial score (nSPS) is 12.7. The number of nitrogens with zero attached hydrogens (tertiary/aromatic N) is 3. The fraction of sp³-hybridized carbons (Fsp3) is 0.385. The van der Waals surface area contributed by atoms with Gasteiger partial charge in [-0.2, -0.15) is 8.78 Å². The highest BCUT2D eigenvalue weighted by atomic mass is 19.3. The maximum atomic E-state index is 12.2. The first-order valence-corrected chi connectivity index (χ1v) is 6.18. The van der Waals surface area contributed by atoms with Crippen LogP contribution in [0.2, 0.25) is 0 Å². The molecule has 2 rings (SSSR count). The predicted molar refractivity (Wildman–Crippen MR) is 69.3 cm³/mol. The number of nitrogens with one attached hydrogen (secondary N) is 1. The molecule has 20 heavy (non-hydrogen) atoms. The van der Waals surface area contributed by atoms with E-state index in [4.69, 9.17) is 0 Å². The molecule has 0 saturated carbocycles. The standard InChI is InChI=1S/C13H16F2N4O/c1-9(16-7-11-8-19(2)18-17-11)10-4-3-5-12(6-10)20-13(14)15/h3-6,8-9,13,16H,7H2,1-2H3. The summed E-state index contributed by atoms with van der Waals surface area (Å²) in [5, 5.41) is 11.1. The van der Waals surface area contributed by atoms with Crippen molar-refractivity contribution < 1.29 is 13.5 Å². The molecule has 0 aliphatic rings. The molecule has 1 N–H and O–H groups in total. The summed E-state index contributed by atoms with van der Waals surface area (Å²) in [6.45, 7) is -0.319. The van der Waals surface area contributed by atoms with Gasteiger partial charge < -0.3 is 10.1 Å². The monoisotopic (exact) mass is 282 g/mol. The lowest BCUT2D eigenvalue weighted by Gasteiger charge is -2.14. The Balaban J connectivity index is 1.96. The van der Waals surface area contributed by atoms with Crippen molar-refractivity contribution in [2.24, 2.45) is 7.05 Å². The number of hydrogen-bond acceptors (Lipinski definition) is 4. The summed E-state index contributed by atoms with van der Waals surface area (Å²) >= 11 is 0. The van der Waals surface area contributed by atoms with Gasteiger partial charge in [0.05, 0.1) is 5.69 Å². The van der Waals surface area contributed by atoms with Gasteiger partial charge in [-0.1, -0.05) is 17.3 Å². The highest BCUT2D eigenvalue weighted by Gasteiger charge is 2.09. The molecule has 1 atom stereocenters. The van der Waals surface area contributed by atoms with Crippen LogP contribution in [0, 0.1) is 0 Å². The molecule has 0 amide bonds. The first kappa shape index (κ1) is 14.4. The number of rotatable bonds is 6. The van der Waals surface area contributed by atoms with Crippen molar-refractivity contribution in [3.8, 4) is 5.75 Å². The Morgan fingerprint density at radius 1 is 1.40 bits per heavy atom. The highest BCUT2D eigenvalue weighted by Crippen LogP contribution is 2.20. The van der Waals surface area contributed by atoms with Crippen molar-refractivity contribution >= 4 is 0 Å². The largest absolute Gasteiger partial charge is 0.435 e. The highest BCUT2D eigenvalue weighted by molar-refractivity contribution is 5.30. The van der Waals surface area contributed by atoms with Crippen LogP contribution in [0.1, 0.15) is 24.2 Å². The van der Waals surface area contributed by atoms with E-state index >= 15 is 0 Å². The van der Waals surface area contributed by atoms with Crippen LogP contribution in [0.3, 0.4) is 0 Å². The van der Waals surface area contributed by atoms with Gasteiger partial charge in [0, 0.05) is 25.8 Å². The Morgan fingerprint density at radius 2 is 2.20 bits per heavy atom. The van der Waals surface area contributed by atoms with Crippen LogP contribution in [0.5, 0.6) is 5.75 Å². The van der Waals surface area contributed by atoms with Gasteiger partial charge in [-0.05, 0) is 24.6 Å². The van der Waals surface area contributed by atoms with E-state index in [1.165, 1.54) is 6.07 Å². The molecule has 0 spiro atoms. The lowest BCUT2D eigenvalue weighted by atomic mass is 10.1. The molecular weight excluding hydrogens is 266 g/mol. The fourth-order valence-electron chi connectivity index (χ4n) is 1.81. The molecule has 108 valence electrons. The minimum Gasteiger partial charge on any atom is -0.435 e. The van der Waals surface area contributed by atoms with Crippen LogP contribution in [0.25, 0.3) is 0 Å². The average Bonchev–Trinajstić information content (AvgIpc) is 2.81. The van der Waals surface area contributed by atoms with E-state index in [9.17, 15) is 8.78 Å². The third-order valence-corrected chi connectivity index (χ3v) is 2.82. The van der Waals surface area contributed by atoms with Gasteiger partial charge in [0.2, 0.25) is 0 Å². The number of benzene rings is 1. The summed E-state index contributed by atoms with van der Waals surface area (Å²) in [5.41, 5.74) is 1.69. The lowest BCUT2D eigenvalue weighted by molar-refractivity contribution is -0.0499. The SMILES string of the molecule is CC(NCc1cn(C)nn1)c1cccc(OC(F)F)c1. The van der Waals surface area contributed by atoms with Crippen molar-refractivity contribution in [1.82, 2.24) is 20.3 Å². The fourth-order valence-corrected chi connectivity index (χ4v) is 1.81. The second-order valence-electron chi connectivity index (χ2n) is 4.44. The van der Waals surface area contributed by atoms with Gasteiger partial charge in [-0.15, -0.1) is 5.10 Å². The van der Waals surface area contributed by atoms with E-state index < -0.39 is 6.61 Å². The first-order valence-electron chi connectivity index (χ1n) is 6.18. The van der Waals surface area contributed by atoms with Gasteiger partial charge in [0.1, 0.15) is 5.75 Å². The number of halogens is 2. The molecule has 0 radical (unpaired) electrons. The van der Waals surface area contributed by atoms with Gasteiger partial charge >= 0.3 is 6.61 Å². The predicted octanol–water partition coefficient (Wildman–Crippen LogP) is 2.27. The molecule has 5 nitrogen and oxygen atoms in total. The number of ether oxygens (including phenoxy) is 1. The third-order valence-electron chi connectivity index (χ3n) is 2.82. The summed E-state index contributed by atoms with van der Waals surface area (Å²) in [6, 6.07) is 6.63. The Labute approximate surface area is 115 Å². The second-order valence-corrected chi connectivity index (χ2v) is 4.44. The number of alkyl halides is 2. The van der Waals surface area contributed by atoms with Crippen molar-refractivity contribution in [2.75, 3.05) is 0 Å². The van der Waals surface area contributed by atoms with Gasteiger partial charge in [-0.3, -0.25) is 4.68 Å². The van der Waals surface area contributed by atoms with Crippen molar-refractivity contribution in [2.45, 2.75) is 26.1 Å². The molecule has 2 aromatic rings. The van der Waals surface area contributed by atoms with Gasteiger partial charge in [0.15, 0.2) is 0 Å². The first-order chi connectivity index (χ1) is 9.54. The Hall–Kier alpha value is -2.02. The van der Waals surface area contributed by atoms with E-state index in [2.05, 4.69) is 20.4 Å². The quantitative estimate of drug-likeness (QED) is 0.883. The Bertz CT molecular complexity index is 559. The number of aryl methyl sites for hydroxylation is 1. The van der Waals surface area contributed by atoms with Crippen molar-refractivity contribution in [1.29, 1.82) is 0 Å². The average molecular weight is 282 g/mol. The summed E-state index contributed by atoms with van der Waals surface area (Å²) in [5.74, 6) is 0.158. The second kappa shape index (κ2) is 6.42. The molecule has 1 heterocycles. The number of aromatic nitrogens is 3. The summed E-state index contributed by atoms with van der Waals surface area (Å²) in [4.78, 5) is 0. The van der Waals surface area contributed by atoms with E-state index in [0.717, 1.165) is 11.3 Å². The van der Waals surface area contributed by atoms with E-state index in [0.29, 0.717) is 6.54 Å². The molecule has 1 unspecified atom stereocenters. The van der Waals surface area contributed by atoms with Crippen LogP contribution < -0.4 is 10.1 Å². The molecular formula is C13H16F2N4O. The number of hydrogen-bond donors (Lipinski definition) is 1. The zero-order chi connectivity index (χ0) is 14.5. The zero-order valence-electron chi connectivity index (χ0n) is 11.3. The Kier molecular flexibility index (Phi) is 4.62. The molecule has 0 aliphatic carbocycles. The van der Waals surface area contributed by atoms with Crippen LogP contribution in [-0.4, -0.2) is 21.6 Å². The molecule has 1 aromatic heterocycles. The van der Waals surface area contributed by atoms with Crippen LogP contribution in [0.15, 0.2) is 30.5 Å². The van der Waals surface area contributed by atoms with Gasteiger partial charge in [-0.25, -0.2) is 0 Å². The van der Waals surface area contributed by atoms with Crippen molar-refractivity contribution in [3.05, 3.63) is 41.7 Å². The maximum Gasteiger partial charge on any atom is 0.387 e. The van der Waals surface area contributed by atoms with E-state index in [1.807, 2.05) is 19.2 Å². The summed E-state index contributed by atoms with van der Waals surface area (Å²) < 4.78 is 30.3.